The van der Waals surface area contributed by atoms with E-state index in [9.17, 15) is 8.42 Å². The Morgan fingerprint density at radius 1 is 1.25 bits per heavy atom. The molecule has 4 nitrogen and oxygen atoms in total. The van der Waals surface area contributed by atoms with Crippen LogP contribution in [0.25, 0.3) is 10.9 Å². The van der Waals surface area contributed by atoms with E-state index >= 15 is 0 Å². The highest BCUT2D eigenvalue weighted by Gasteiger charge is 2.06. The van der Waals surface area contributed by atoms with Gasteiger partial charge in [0.1, 0.15) is 5.15 Å². The van der Waals surface area contributed by atoms with Gasteiger partial charge in [-0.15, -0.1) is 0 Å². The number of rotatable bonds is 2. The smallest absolute Gasteiger partial charge is 0.229 e. The summed E-state index contributed by atoms with van der Waals surface area (Å²) in [6, 6.07) is 8.53. The summed E-state index contributed by atoms with van der Waals surface area (Å²) in [4.78, 5) is 4.10. The Labute approximate surface area is 98.3 Å². The first kappa shape index (κ1) is 11.2. The molecule has 1 aromatic heterocycles. The lowest BCUT2D eigenvalue weighted by molar-refractivity contribution is 0.607. The van der Waals surface area contributed by atoms with Crippen molar-refractivity contribution in [2.75, 3.05) is 11.0 Å². The third kappa shape index (κ3) is 2.43. The molecule has 1 N–H and O–H groups in total. The number of anilines is 1. The maximum absolute atomic E-state index is 11.2. The third-order valence-corrected chi connectivity index (χ3v) is 2.79. The van der Waals surface area contributed by atoms with Gasteiger partial charge in [-0.2, -0.15) is 0 Å². The molecule has 0 bridgehead atoms. The Kier molecular flexibility index (Phi) is 2.73. The highest BCUT2D eigenvalue weighted by molar-refractivity contribution is 7.92. The number of hydrogen-bond donors (Lipinski definition) is 1. The van der Waals surface area contributed by atoms with Gasteiger partial charge in [-0.25, -0.2) is 13.4 Å². The molecular weight excluding hydrogens is 248 g/mol. The van der Waals surface area contributed by atoms with Gasteiger partial charge in [0.2, 0.25) is 10.0 Å². The Balaban J connectivity index is 2.63. The summed E-state index contributed by atoms with van der Waals surface area (Å²) < 4.78 is 24.7. The third-order valence-electron chi connectivity index (χ3n) is 1.99. The topological polar surface area (TPSA) is 59.1 Å². The number of fused-ring (bicyclic) bond motifs is 1. The lowest BCUT2D eigenvalue weighted by Crippen LogP contribution is -2.09. The zero-order chi connectivity index (χ0) is 11.8. The maximum Gasteiger partial charge on any atom is 0.229 e. The minimum Gasteiger partial charge on any atom is -0.283 e. The zero-order valence-electron chi connectivity index (χ0n) is 8.44. The van der Waals surface area contributed by atoms with Gasteiger partial charge in [-0.3, -0.25) is 4.72 Å². The van der Waals surface area contributed by atoms with Crippen LogP contribution in [0, 0.1) is 0 Å². The van der Waals surface area contributed by atoms with Crippen LogP contribution in [0.3, 0.4) is 0 Å². The van der Waals surface area contributed by atoms with Gasteiger partial charge in [0, 0.05) is 5.39 Å². The van der Waals surface area contributed by atoms with E-state index in [-0.39, 0.29) is 0 Å². The van der Waals surface area contributed by atoms with Crippen molar-refractivity contribution in [1.82, 2.24) is 4.98 Å². The molecule has 0 saturated heterocycles. The second-order valence-electron chi connectivity index (χ2n) is 3.38. The van der Waals surface area contributed by atoms with Gasteiger partial charge >= 0.3 is 0 Å². The monoisotopic (exact) mass is 256 g/mol. The first-order valence-electron chi connectivity index (χ1n) is 4.49. The molecule has 0 aliphatic rings. The molecule has 0 amide bonds. The molecule has 0 aliphatic carbocycles. The average Bonchev–Trinajstić information content (AvgIpc) is 2.15. The van der Waals surface area contributed by atoms with Crippen LogP contribution in [0.5, 0.6) is 0 Å². The summed E-state index contributed by atoms with van der Waals surface area (Å²) >= 11 is 5.75. The van der Waals surface area contributed by atoms with Crippen molar-refractivity contribution in [2.24, 2.45) is 0 Å². The Hall–Kier alpha value is -1.33. The zero-order valence-corrected chi connectivity index (χ0v) is 10.0. The molecule has 0 radical (unpaired) electrons. The number of nitrogens with one attached hydrogen (secondary N) is 1. The standard InChI is InChI=1S/C10H9ClN2O2S/c1-16(14,15)13-9-4-2-3-8-7(9)5-6-10(11)12-8/h2-6,13H,1H3. The molecule has 1 aromatic carbocycles. The predicted molar refractivity (Wildman–Crippen MR) is 65.2 cm³/mol. The number of sulfonamides is 1. The number of halogens is 1. The minimum absolute atomic E-state index is 0.379. The first-order chi connectivity index (χ1) is 7.46. The molecule has 0 aliphatic heterocycles. The Morgan fingerprint density at radius 3 is 2.69 bits per heavy atom. The quantitative estimate of drug-likeness (QED) is 0.839. The molecular formula is C10H9ClN2O2S. The average molecular weight is 257 g/mol. The largest absolute Gasteiger partial charge is 0.283 e. The van der Waals surface area contributed by atoms with Crippen LogP contribution in [-0.2, 0) is 10.0 Å². The number of pyridine rings is 1. The Morgan fingerprint density at radius 2 is 2.00 bits per heavy atom. The number of benzene rings is 1. The first-order valence-corrected chi connectivity index (χ1v) is 6.76. The van der Waals surface area contributed by atoms with E-state index in [1.54, 1.807) is 30.3 Å². The van der Waals surface area contributed by atoms with Crippen molar-refractivity contribution in [3.63, 3.8) is 0 Å². The molecule has 16 heavy (non-hydrogen) atoms. The van der Waals surface area contributed by atoms with Crippen molar-refractivity contribution in [3.05, 3.63) is 35.5 Å². The van der Waals surface area contributed by atoms with Crippen molar-refractivity contribution >= 4 is 38.2 Å². The summed E-state index contributed by atoms with van der Waals surface area (Å²) in [5.41, 5.74) is 1.16. The van der Waals surface area contributed by atoms with E-state index in [0.29, 0.717) is 16.4 Å². The molecule has 0 atom stereocenters. The summed E-state index contributed by atoms with van der Waals surface area (Å²) in [6.07, 6.45) is 1.11. The van der Waals surface area contributed by atoms with E-state index in [1.165, 1.54) is 0 Å². The second-order valence-corrected chi connectivity index (χ2v) is 5.52. The maximum atomic E-state index is 11.2. The summed E-state index contributed by atoms with van der Waals surface area (Å²) in [7, 11) is -3.29. The van der Waals surface area contributed by atoms with Gasteiger partial charge in [0.05, 0.1) is 17.5 Å². The molecule has 6 heteroatoms. The van der Waals surface area contributed by atoms with Crippen LogP contribution in [0.1, 0.15) is 0 Å². The van der Waals surface area contributed by atoms with E-state index in [1.807, 2.05) is 0 Å². The van der Waals surface area contributed by atoms with Crippen LogP contribution >= 0.6 is 11.6 Å². The number of aromatic nitrogens is 1. The van der Waals surface area contributed by atoms with Crippen molar-refractivity contribution in [1.29, 1.82) is 0 Å². The van der Waals surface area contributed by atoms with Gasteiger partial charge < -0.3 is 0 Å². The van der Waals surface area contributed by atoms with Crippen LogP contribution in [-0.4, -0.2) is 19.7 Å². The van der Waals surface area contributed by atoms with Crippen molar-refractivity contribution < 1.29 is 8.42 Å². The highest BCUT2D eigenvalue weighted by Crippen LogP contribution is 2.24. The summed E-state index contributed by atoms with van der Waals surface area (Å²) in [5, 5.41) is 1.10. The second kappa shape index (κ2) is 3.92. The fourth-order valence-electron chi connectivity index (χ4n) is 1.42. The molecule has 0 spiro atoms. The molecule has 0 unspecified atom stereocenters. The van der Waals surface area contributed by atoms with Gasteiger partial charge in [-0.05, 0) is 24.3 Å². The normalized spacial score (nSPS) is 11.6. The predicted octanol–water partition coefficient (Wildman–Crippen LogP) is 2.26. The lowest BCUT2D eigenvalue weighted by atomic mass is 10.2. The van der Waals surface area contributed by atoms with E-state index in [4.69, 9.17) is 11.6 Å². The molecule has 0 fully saturated rings. The van der Waals surface area contributed by atoms with Crippen LogP contribution in [0.2, 0.25) is 5.15 Å². The van der Waals surface area contributed by atoms with Gasteiger partial charge in [0.15, 0.2) is 0 Å². The van der Waals surface area contributed by atoms with E-state index in [2.05, 4.69) is 9.71 Å². The van der Waals surface area contributed by atoms with Gasteiger partial charge in [0.25, 0.3) is 0 Å². The number of hydrogen-bond acceptors (Lipinski definition) is 3. The SMILES string of the molecule is CS(=O)(=O)Nc1cccc2nc(Cl)ccc12. The minimum atomic E-state index is -3.29. The van der Waals surface area contributed by atoms with Crippen LogP contribution < -0.4 is 4.72 Å². The van der Waals surface area contributed by atoms with E-state index < -0.39 is 10.0 Å². The van der Waals surface area contributed by atoms with E-state index in [0.717, 1.165) is 11.6 Å². The molecule has 1 heterocycles. The summed E-state index contributed by atoms with van der Waals surface area (Å²) in [5.74, 6) is 0. The fourth-order valence-corrected chi connectivity index (χ4v) is 2.15. The summed E-state index contributed by atoms with van der Waals surface area (Å²) in [6.45, 7) is 0. The molecule has 2 aromatic rings. The highest BCUT2D eigenvalue weighted by atomic mass is 35.5. The fraction of sp³-hybridized carbons (Fsp3) is 0.100. The van der Waals surface area contributed by atoms with Crippen LogP contribution in [0.4, 0.5) is 5.69 Å². The lowest BCUT2D eigenvalue weighted by Gasteiger charge is -2.07. The Bertz CT molecular complexity index is 640. The van der Waals surface area contributed by atoms with Crippen molar-refractivity contribution in [3.8, 4) is 0 Å². The van der Waals surface area contributed by atoms with Gasteiger partial charge in [-0.1, -0.05) is 17.7 Å². The molecule has 2 rings (SSSR count). The number of nitrogens with zero attached hydrogens (tertiary/aromatic N) is 1. The van der Waals surface area contributed by atoms with Crippen molar-refractivity contribution in [2.45, 2.75) is 0 Å². The molecule has 84 valence electrons. The molecule has 0 saturated carbocycles. The van der Waals surface area contributed by atoms with Crippen LogP contribution in [0.15, 0.2) is 30.3 Å².